The third-order valence-corrected chi connectivity index (χ3v) is 3.00. The van der Waals surface area contributed by atoms with Crippen LogP contribution < -0.4 is 5.32 Å². The minimum absolute atomic E-state index is 0.747. The van der Waals surface area contributed by atoms with E-state index in [2.05, 4.69) is 25.4 Å². The van der Waals surface area contributed by atoms with Crippen molar-refractivity contribution in [2.45, 2.75) is 52.0 Å². The first kappa shape index (κ1) is 13.3. The van der Waals surface area contributed by atoms with Gasteiger partial charge in [-0.2, -0.15) is 11.8 Å². The summed E-state index contributed by atoms with van der Waals surface area (Å²) in [5.41, 5.74) is 0. The van der Waals surface area contributed by atoms with Gasteiger partial charge in [-0.3, -0.25) is 0 Å². The van der Waals surface area contributed by atoms with Crippen LogP contribution >= 0.6 is 11.8 Å². The molecule has 0 aromatic heterocycles. The summed E-state index contributed by atoms with van der Waals surface area (Å²) in [7, 11) is 0. The van der Waals surface area contributed by atoms with Gasteiger partial charge in [0.15, 0.2) is 0 Å². The van der Waals surface area contributed by atoms with Crippen LogP contribution in [0.15, 0.2) is 0 Å². The molecule has 1 atom stereocenters. The summed E-state index contributed by atoms with van der Waals surface area (Å²) in [5, 5.41) is 3.54. The Bertz CT molecular complexity index is 90.1. The Morgan fingerprint density at radius 1 is 1.15 bits per heavy atom. The molecule has 0 rings (SSSR count). The molecule has 0 aliphatic heterocycles. The molecule has 1 unspecified atom stereocenters. The largest absolute Gasteiger partial charge is 0.313 e. The molecule has 0 bridgehead atoms. The average Bonchev–Trinajstić information content (AvgIpc) is 2.13. The zero-order valence-corrected chi connectivity index (χ0v) is 10.3. The molecular weight excluding hydrogens is 178 g/mol. The standard InChI is InChI=1S/C11H25NS/c1-4-6-7-8-9-11(10-13-3)12-5-2/h11-12H,4-10H2,1-3H3. The number of hydrogen-bond acceptors (Lipinski definition) is 2. The molecule has 0 spiro atoms. The Morgan fingerprint density at radius 2 is 1.92 bits per heavy atom. The number of rotatable bonds is 9. The highest BCUT2D eigenvalue weighted by Crippen LogP contribution is 2.08. The lowest BCUT2D eigenvalue weighted by molar-refractivity contribution is 0.500. The van der Waals surface area contributed by atoms with Crippen molar-refractivity contribution in [1.29, 1.82) is 0 Å². The van der Waals surface area contributed by atoms with Gasteiger partial charge in [0.25, 0.3) is 0 Å². The molecule has 0 aromatic rings. The third kappa shape index (κ3) is 8.63. The molecular formula is C11H25NS. The highest BCUT2D eigenvalue weighted by molar-refractivity contribution is 7.98. The zero-order chi connectivity index (χ0) is 9.94. The van der Waals surface area contributed by atoms with Gasteiger partial charge in [0.1, 0.15) is 0 Å². The SMILES string of the molecule is CCCCCCC(CSC)NCC. The summed E-state index contributed by atoms with van der Waals surface area (Å²) in [6, 6.07) is 0.747. The Hall–Kier alpha value is 0.310. The summed E-state index contributed by atoms with van der Waals surface area (Å²) in [5.74, 6) is 1.26. The van der Waals surface area contributed by atoms with Crippen molar-refractivity contribution in [3.63, 3.8) is 0 Å². The Balaban J connectivity index is 3.33. The van der Waals surface area contributed by atoms with Crippen molar-refractivity contribution in [2.75, 3.05) is 18.6 Å². The van der Waals surface area contributed by atoms with Crippen molar-refractivity contribution in [1.82, 2.24) is 5.32 Å². The van der Waals surface area contributed by atoms with E-state index in [9.17, 15) is 0 Å². The monoisotopic (exact) mass is 203 g/mol. The smallest absolute Gasteiger partial charge is 0.0157 e. The predicted octanol–water partition coefficient (Wildman–Crippen LogP) is 3.30. The van der Waals surface area contributed by atoms with Crippen LogP contribution in [0.5, 0.6) is 0 Å². The zero-order valence-electron chi connectivity index (χ0n) is 9.44. The first-order chi connectivity index (χ1) is 6.35. The number of hydrogen-bond donors (Lipinski definition) is 1. The maximum atomic E-state index is 3.54. The summed E-state index contributed by atoms with van der Waals surface area (Å²) in [4.78, 5) is 0. The first-order valence-electron chi connectivity index (χ1n) is 5.57. The first-order valence-corrected chi connectivity index (χ1v) is 6.96. The lowest BCUT2D eigenvalue weighted by atomic mass is 10.1. The van der Waals surface area contributed by atoms with Gasteiger partial charge >= 0.3 is 0 Å². The van der Waals surface area contributed by atoms with Crippen molar-refractivity contribution in [2.24, 2.45) is 0 Å². The number of nitrogens with one attached hydrogen (secondary N) is 1. The second-order valence-corrected chi connectivity index (χ2v) is 4.47. The molecule has 0 aliphatic rings. The summed E-state index contributed by atoms with van der Waals surface area (Å²) >= 11 is 1.95. The van der Waals surface area contributed by atoms with Gasteiger partial charge in [0, 0.05) is 11.8 Å². The Labute approximate surface area is 88.1 Å². The van der Waals surface area contributed by atoms with E-state index in [0.29, 0.717) is 0 Å². The summed E-state index contributed by atoms with van der Waals surface area (Å²) < 4.78 is 0. The molecule has 0 saturated heterocycles. The van der Waals surface area contributed by atoms with E-state index in [-0.39, 0.29) is 0 Å². The van der Waals surface area contributed by atoms with Crippen molar-refractivity contribution in [3.05, 3.63) is 0 Å². The normalized spacial score (nSPS) is 13.2. The van der Waals surface area contributed by atoms with Crippen LogP contribution in [0, 0.1) is 0 Å². The Morgan fingerprint density at radius 3 is 2.46 bits per heavy atom. The molecule has 1 nitrogen and oxygen atoms in total. The molecule has 80 valence electrons. The van der Waals surface area contributed by atoms with Crippen LogP contribution in [0.2, 0.25) is 0 Å². The molecule has 0 aliphatic carbocycles. The van der Waals surface area contributed by atoms with E-state index in [0.717, 1.165) is 12.6 Å². The van der Waals surface area contributed by atoms with Gasteiger partial charge in [-0.25, -0.2) is 0 Å². The second-order valence-electron chi connectivity index (χ2n) is 3.56. The van der Waals surface area contributed by atoms with Crippen molar-refractivity contribution in [3.8, 4) is 0 Å². The van der Waals surface area contributed by atoms with Crippen LogP contribution in [0.1, 0.15) is 46.0 Å². The molecule has 0 saturated carbocycles. The lowest BCUT2D eigenvalue weighted by Crippen LogP contribution is -2.30. The van der Waals surface area contributed by atoms with Crippen LogP contribution in [0.3, 0.4) is 0 Å². The molecule has 0 heterocycles. The van der Waals surface area contributed by atoms with Crippen LogP contribution in [0.25, 0.3) is 0 Å². The highest BCUT2D eigenvalue weighted by atomic mass is 32.2. The van der Waals surface area contributed by atoms with Crippen molar-refractivity contribution < 1.29 is 0 Å². The van der Waals surface area contributed by atoms with Gasteiger partial charge in [-0.05, 0) is 19.2 Å². The summed E-state index contributed by atoms with van der Waals surface area (Å²) in [6.45, 7) is 5.57. The maximum absolute atomic E-state index is 3.54. The van der Waals surface area contributed by atoms with Gasteiger partial charge in [-0.15, -0.1) is 0 Å². The Kier molecular flexibility index (Phi) is 10.6. The van der Waals surface area contributed by atoms with Gasteiger partial charge in [-0.1, -0.05) is 39.5 Å². The predicted molar refractivity (Wildman–Crippen MR) is 64.6 cm³/mol. The average molecular weight is 203 g/mol. The van der Waals surface area contributed by atoms with Crippen LogP contribution in [0.4, 0.5) is 0 Å². The molecule has 0 radical (unpaired) electrons. The molecule has 0 aromatic carbocycles. The molecule has 2 heteroatoms. The van der Waals surface area contributed by atoms with E-state index in [1.807, 2.05) is 11.8 Å². The topological polar surface area (TPSA) is 12.0 Å². The van der Waals surface area contributed by atoms with Gasteiger partial charge in [0.2, 0.25) is 0 Å². The van der Waals surface area contributed by atoms with E-state index >= 15 is 0 Å². The maximum Gasteiger partial charge on any atom is 0.0157 e. The van der Waals surface area contributed by atoms with E-state index in [1.165, 1.54) is 37.9 Å². The minimum Gasteiger partial charge on any atom is -0.313 e. The molecule has 0 amide bonds. The fraction of sp³-hybridized carbons (Fsp3) is 1.00. The van der Waals surface area contributed by atoms with Gasteiger partial charge < -0.3 is 5.32 Å². The van der Waals surface area contributed by atoms with E-state index < -0.39 is 0 Å². The minimum atomic E-state index is 0.747. The van der Waals surface area contributed by atoms with Crippen LogP contribution in [-0.2, 0) is 0 Å². The highest BCUT2D eigenvalue weighted by Gasteiger charge is 2.04. The summed E-state index contributed by atoms with van der Waals surface area (Å²) in [6.07, 6.45) is 9.09. The fourth-order valence-electron chi connectivity index (χ4n) is 1.55. The lowest BCUT2D eigenvalue weighted by Gasteiger charge is -2.16. The fourth-order valence-corrected chi connectivity index (χ4v) is 2.24. The quantitative estimate of drug-likeness (QED) is 0.577. The molecule has 13 heavy (non-hydrogen) atoms. The number of thioether (sulfide) groups is 1. The van der Waals surface area contributed by atoms with E-state index in [4.69, 9.17) is 0 Å². The second kappa shape index (κ2) is 10.4. The van der Waals surface area contributed by atoms with E-state index in [1.54, 1.807) is 0 Å². The van der Waals surface area contributed by atoms with Crippen LogP contribution in [-0.4, -0.2) is 24.6 Å². The van der Waals surface area contributed by atoms with Crippen molar-refractivity contribution >= 4 is 11.8 Å². The third-order valence-electron chi connectivity index (χ3n) is 2.27. The van der Waals surface area contributed by atoms with Gasteiger partial charge in [0.05, 0.1) is 0 Å². The molecule has 1 N–H and O–H groups in total. The number of unbranched alkanes of at least 4 members (excludes halogenated alkanes) is 3. The molecule has 0 fully saturated rings.